The molecule has 2 N–H and O–H groups in total. The molecule has 0 spiro atoms. The molecule has 0 amide bonds. The van der Waals surface area contributed by atoms with E-state index in [0.29, 0.717) is 22.3 Å². The van der Waals surface area contributed by atoms with E-state index in [1.165, 1.54) is 6.07 Å². The number of nitro benzene ring substituents is 1. The highest BCUT2D eigenvalue weighted by Gasteiger charge is 2.20. The van der Waals surface area contributed by atoms with Crippen LogP contribution in [0.1, 0.15) is 0 Å². The van der Waals surface area contributed by atoms with Crippen LogP contribution in [-0.4, -0.2) is 9.91 Å². The molecule has 0 unspecified atom stereocenters. The van der Waals surface area contributed by atoms with Gasteiger partial charge < -0.3 is 10.5 Å². The fraction of sp³-hybridized carbons (Fsp3) is 0. The van der Waals surface area contributed by atoms with Gasteiger partial charge in [0.2, 0.25) is 5.75 Å². The lowest BCUT2D eigenvalue weighted by Gasteiger charge is -2.08. The zero-order valence-electron chi connectivity index (χ0n) is 10.9. The molecule has 0 fully saturated rings. The molecule has 0 atom stereocenters. The van der Waals surface area contributed by atoms with E-state index in [1.807, 2.05) is 0 Å². The van der Waals surface area contributed by atoms with Crippen molar-refractivity contribution in [1.29, 1.82) is 0 Å². The van der Waals surface area contributed by atoms with Gasteiger partial charge >= 0.3 is 5.69 Å². The maximum absolute atomic E-state index is 11.4. The third-order valence-corrected chi connectivity index (χ3v) is 2.99. The van der Waals surface area contributed by atoms with Crippen molar-refractivity contribution in [3.63, 3.8) is 0 Å². The number of hydrogen-bond donors (Lipinski definition) is 1. The standard InChI is InChI=1S/C15H11N3O3/c16-10-3-1-4-11(9-10)21-14-7-6-13-12(5-2-8-17-13)15(14)18(19)20/h1-9H,16H2. The van der Waals surface area contributed by atoms with Gasteiger partial charge in [0.05, 0.1) is 15.8 Å². The van der Waals surface area contributed by atoms with E-state index in [0.717, 1.165) is 0 Å². The van der Waals surface area contributed by atoms with Crippen molar-refractivity contribution in [3.05, 3.63) is 64.8 Å². The maximum atomic E-state index is 11.4. The van der Waals surface area contributed by atoms with Crippen LogP contribution in [0.4, 0.5) is 11.4 Å². The minimum absolute atomic E-state index is 0.108. The molecule has 2 aromatic carbocycles. The summed E-state index contributed by atoms with van der Waals surface area (Å²) in [5, 5.41) is 11.8. The number of nitrogen functional groups attached to an aromatic ring is 1. The number of benzene rings is 2. The monoisotopic (exact) mass is 281 g/mol. The Morgan fingerprint density at radius 3 is 2.76 bits per heavy atom. The molecule has 0 aliphatic heterocycles. The normalized spacial score (nSPS) is 10.5. The van der Waals surface area contributed by atoms with Crippen molar-refractivity contribution in [2.45, 2.75) is 0 Å². The van der Waals surface area contributed by atoms with Crippen LogP contribution in [0.25, 0.3) is 10.9 Å². The van der Waals surface area contributed by atoms with E-state index in [-0.39, 0.29) is 11.4 Å². The predicted octanol–water partition coefficient (Wildman–Crippen LogP) is 3.52. The lowest BCUT2D eigenvalue weighted by molar-refractivity contribution is -0.383. The van der Waals surface area contributed by atoms with Crippen LogP contribution in [0.15, 0.2) is 54.7 Å². The van der Waals surface area contributed by atoms with Crippen LogP contribution in [0.2, 0.25) is 0 Å². The predicted molar refractivity (Wildman–Crippen MR) is 79.3 cm³/mol. The van der Waals surface area contributed by atoms with E-state index in [2.05, 4.69) is 4.98 Å². The van der Waals surface area contributed by atoms with Gasteiger partial charge in [-0.25, -0.2) is 0 Å². The Morgan fingerprint density at radius 1 is 1.14 bits per heavy atom. The Bertz CT molecular complexity index is 833. The SMILES string of the molecule is Nc1cccc(Oc2ccc3ncccc3c2[N+](=O)[O-])c1. The summed E-state index contributed by atoms with van der Waals surface area (Å²) in [6.07, 6.45) is 1.59. The molecular formula is C15H11N3O3. The molecule has 1 aromatic heterocycles. The van der Waals surface area contributed by atoms with Crippen molar-refractivity contribution in [2.75, 3.05) is 5.73 Å². The van der Waals surface area contributed by atoms with E-state index >= 15 is 0 Å². The van der Waals surface area contributed by atoms with Crippen LogP contribution in [0, 0.1) is 10.1 Å². The van der Waals surface area contributed by atoms with Gasteiger partial charge in [0.15, 0.2) is 0 Å². The Hall–Kier alpha value is -3.15. The number of aromatic nitrogens is 1. The van der Waals surface area contributed by atoms with Crippen molar-refractivity contribution in [2.24, 2.45) is 0 Å². The summed E-state index contributed by atoms with van der Waals surface area (Å²) in [6.45, 7) is 0. The smallest absolute Gasteiger partial charge is 0.320 e. The number of rotatable bonds is 3. The van der Waals surface area contributed by atoms with Crippen molar-refractivity contribution in [1.82, 2.24) is 4.98 Å². The van der Waals surface area contributed by atoms with Crippen molar-refractivity contribution >= 4 is 22.3 Å². The summed E-state index contributed by atoms with van der Waals surface area (Å²) < 4.78 is 5.61. The molecule has 3 rings (SSSR count). The van der Waals surface area contributed by atoms with Gasteiger partial charge in [-0.1, -0.05) is 6.07 Å². The molecule has 0 bridgehead atoms. The number of nitrogens with two attached hydrogens (primary N) is 1. The van der Waals surface area contributed by atoms with E-state index in [1.54, 1.807) is 48.7 Å². The van der Waals surface area contributed by atoms with Gasteiger partial charge in [-0.05, 0) is 36.4 Å². The highest BCUT2D eigenvalue weighted by Crippen LogP contribution is 2.37. The topological polar surface area (TPSA) is 91.3 Å². The zero-order chi connectivity index (χ0) is 14.8. The lowest BCUT2D eigenvalue weighted by atomic mass is 10.1. The summed E-state index contributed by atoms with van der Waals surface area (Å²) in [5.74, 6) is 0.604. The van der Waals surface area contributed by atoms with Gasteiger partial charge in [-0.15, -0.1) is 0 Å². The van der Waals surface area contributed by atoms with Crippen LogP contribution < -0.4 is 10.5 Å². The van der Waals surface area contributed by atoms with E-state index < -0.39 is 4.92 Å². The third kappa shape index (κ3) is 2.46. The molecule has 0 aliphatic rings. The second-order valence-corrected chi connectivity index (χ2v) is 4.41. The molecule has 0 saturated heterocycles. The van der Waals surface area contributed by atoms with Gasteiger partial charge in [0.25, 0.3) is 0 Å². The fourth-order valence-electron chi connectivity index (χ4n) is 2.09. The number of nitrogens with zero attached hydrogens (tertiary/aromatic N) is 2. The van der Waals surface area contributed by atoms with Crippen molar-refractivity contribution in [3.8, 4) is 11.5 Å². The van der Waals surface area contributed by atoms with Crippen LogP contribution in [-0.2, 0) is 0 Å². The molecule has 0 radical (unpaired) electrons. The van der Waals surface area contributed by atoms with E-state index in [9.17, 15) is 10.1 Å². The highest BCUT2D eigenvalue weighted by molar-refractivity contribution is 5.90. The summed E-state index contributed by atoms with van der Waals surface area (Å²) in [7, 11) is 0. The average molecular weight is 281 g/mol. The first-order valence-electron chi connectivity index (χ1n) is 6.20. The second kappa shape index (κ2) is 5.09. The summed E-state index contributed by atoms with van der Waals surface area (Å²) in [6, 6.07) is 13.3. The van der Waals surface area contributed by atoms with Gasteiger partial charge in [0, 0.05) is 18.0 Å². The molecule has 3 aromatic rings. The average Bonchev–Trinajstić information content (AvgIpc) is 2.46. The minimum Gasteiger partial charge on any atom is -0.450 e. The van der Waals surface area contributed by atoms with E-state index in [4.69, 9.17) is 10.5 Å². The Kier molecular flexibility index (Phi) is 3.12. The molecule has 1 heterocycles. The molecule has 6 heteroatoms. The Morgan fingerprint density at radius 2 is 2.00 bits per heavy atom. The molecule has 21 heavy (non-hydrogen) atoms. The number of nitro groups is 1. The van der Waals surface area contributed by atoms with Crippen LogP contribution >= 0.6 is 0 Å². The first-order chi connectivity index (χ1) is 10.1. The number of anilines is 1. The highest BCUT2D eigenvalue weighted by atomic mass is 16.6. The number of ether oxygens (including phenoxy) is 1. The quantitative estimate of drug-likeness (QED) is 0.450. The molecule has 104 valence electrons. The van der Waals surface area contributed by atoms with Crippen molar-refractivity contribution < 1.29 is 9.66 Å². The Balaban J connectivity index is 2.14. The van der Waals surface area contributed by atoms with Gasteiger partial charge in [0.1, 0.15) is 5.75 Å². The molecule has 0 aliphatic carbocycles. The molecule has 0 saturated carbocycles. The maximum Gasteiger partial charge on any atom is 0.320 e. The van der Waals surface area contributed by atoms with Crippen LogP contribution in [0.3, 0.4) is 0 Å². The largest absolute Gasteiger partial charge is 0.450 e. The van der Waals surface area contributed by atoms with Crippen LogP contribution in [0.5, 0.6) is 11.5 Å². The number of hydrogen-bond acceptors (Lipinski definition) is 5. The summed E-state index contributed by atoms with van der Waals surface area (Å²) in [5.41, 5.74) is 6.64. The summed E-state index contributed by atoms with van der Waals surface area (Å²) >= 11 is 0. The Labute approximate surface area is 119 Å². The number of fused-ring (bicyclic) bond motifs is 1. The second-order valence-electron chi connectivity index (χ2n) is 4.41. The zero-order valence-corrected chi connectivity index (χ0v) is 10.9. The van der Waals surface area contributed by atoms with Gasteiger partial charge in [-0.3, -0.25) is 15.1 Å². The first-order valence-corrected chi connectivity index (χ1v) is 6.20. The molecule has 6 nitrogen and oxygen atoms in total. The number of pyridine rings is 1. The van der Waals surface area contributed by atoms with Gasteiger partial charge in [-0.2, -0.15) is 0 Å². The third-order valence-electron chi connectivity index (χ3n) is 2.99. The fourth-order valence-corrected chi connectivity index (χ4v) is 2.09. The summed E-state index contributed by atoms with van der Waals surface area (Å²) in [4.78, 5) is 15.0. The molecular weight excluding hydrogens is 270 g/mol. The minimum atomic E-state index is -0.467. The first kappa shape index (κ1) is 12.9. The lowest BCUT2D eigenvalue weighted by Crippen LogP contribution is -1.96.